The number of halogens is 6. The average molecular weight is 991 g/mol. The van der Waals surface area contributed by atoms with Crippen LogP contribution in [0.1, 0.15) is 147 Å². The number of alkyl halides is 2. The minimum atomic E-state index is -3.67. The van der Waals surface area contributed by atoms with Crippen LogP contribution in [0.15, 0.2) is 41.4 Å². The Balaban J connectivity index is 0.000000295. The molecular weight excluding hydrogens is 908 g/mol. The lowest BCUT2D eigenvalue weighted by molar-refractivity contribution is -0.146. The number of nitrogens with one attached hydrogen (secondary N) is 2. The lowest BCUT2D eigenvalue weighted by Crippen LogP contribution is -3.00. The van der Waals surface area contributed by atoms with Crippen LogP contribution < -0.4 is 21.3 Å². The summed E-state index contributed by atoms with van der Waals surface area (Å²) in [6, 6.07) is 0. The molecule has 0 radical (unpaired) electrons. The Morgan fingerprint density at radius 3 is 1.72 bits per heavy atom. The van der Waals surface area contributed by atoms with Gasteiger partial charge in [-0.15, -0.1) is 33.4 Å². The van der Waals surface area contributed by atoms with Gasteiger partial charge in [-0.3, -0.25) is 33.0 Å². The van der Waals surface area contributed by atoms with E-state index in [0.29, 0.717) is 11.8 Å². The van der Waals surface area contributed by atoms with E-state index in [2.05, 4.69) is 66.2 Å². The van der Waals surface area contributed by atoms with E-state index in [0.717, 1.165) is 132 Å². The Hall–Kier alpha value is -2.95. The predicted molar refractivity (Wildman–Crippen MR) is 264 cm³/mol. The van der Waals surface area contributed by atoms with Crippen LogP contribution in [0.5, 0.6) is 0 Å². The fraction of sp³-hybridized carbons (Fsp3) is 0.776. The van der Waals surface area contributed by atoms with E-state index in [1.807, 2.05) is 21.3 Å². The van der Waals surface area contributed by atoms with Gasteiger partial charge in [-0.25, -0.2) is 5.84 Å². The Labute approximate surface area is 409 Å². The fourth-order valence-corrected chi connectivity index (χ4v) is 12.5. The van der Waals surface area contributed by atoms with Gasteiger partial charge in [0.2, 0.25) is 11.8 Å². The summed E-state index contributed by atoms with van der Waals surface area (Å²) < 4.78 is 39.1. The minimum Gasteiger partial charge on any atom is -1.00 e. The van der Waals surface area contributed by atoms with Gasteiger partial charge in [-0.2, -0.15) is 0 Å². The number of hydrazine groups is 1. The highest BCUT2D eigenvalue weighted by molar-refractivity contribution is 6.40. The first-order valence-corrected chi connectivity index (χ1v) is 25.1. The summed E-state index contributed by atoms with van der Waals surface area (Å²) in [7, 11) is 3.77. The van der Waals surface area contributed by atoms with Crippen LogP contribution in [0.25, 0.3) is 0 Å². The number of aliphatic imine (C=N–C) groups is 1. The van der Waals surface area contributed by atoms with E-state index >= 15 is 0 Å². The molecule has 4 N–H and O–H groups in total. The largest absolute Gasteiger partial charge is 1.00 e. The molecule has 4 heterocycles. The Kier molecular flexibility index (Phi) is 28.1. The van der Waals surface area contributed by atoms with Crippen LogP contribution in [0.4, 0.5) is 12.9 Å². The third kappa shape index (κ3) is 19.8. The van der Waals surface area contributed by atoms with Gasteiger partial charge >= 0.3 is 7.54 Å². The topological polar surface area (TPSA) is 139 Å². The Bertz CT molecular complexity index is 1630. The van der Waals surface area contributed by atoms with Crippen LogP contribution in [0.3, 0.4) is 0 Å². The maximum Gasteiger partial charge on any atom is 0.762 e. The molecule has 1 aromatic rings. The first-order valence-electron chi connectivity index (χ1n) is 24.0. The SMILES string of the molecule is C.C1=CCCn2c(nnc2C23CC4CC(CC(C4)C2)C3)CC1.COC1=NCC/C=C\CC1.C[O+](C)C.ClCCl.FB(F)F.NNC(=O)C12CC3CC(CC(C3)C1)C2.O=C1CC/C=C\CCN1.[F-]. The number of allylic oxidation sites excluding steroid dienone is 4. The lowest BCUT2D eigenvalue weighted by Gasteiger charge is -2.56. The number of fused-ring (bicyclic) bond motifs is 1. The molecule has 0 saturated heterocycles. The second-order valence-corrected chi connectivity index (χ2v) is 20.6. The van der Waals surface area contributed by atoms with E-state index < -0.39 is 7.54 Å². The van der Waals surface area contributed by atoms with Crippen LogP contribution >= 0.6 is 23.2 Å². The van der Waals surface area contributed by atoms with Crippen molar-refractivity contribution in [2.45, 2.75) is 154 Å². The summed E-state index contributed by atoms with van der Waals surface area (Å²) in [4.78, 5) is 26.8. The number of hydrogen-bond donors (Lipinski definition) is 3. The number of aryl methyl sites for hydroxylation is 1. The summed E-state index contributed by atoms with van der Waals surface area (Å²) in [5.41, 5.74) is 2.71. The normalized spacial score (nSPS) is 30.9. The molecule has 0 atom stereocenters. The first kappa shape index (κ1) is 60.2. The van der Waals surface area contributed by atoms with Gasteiger partial charge in [-0.1, -0.05) is 43.9 Å². The number of hydrogen-bond acceptors (Lipinski definition) is 7. The van der Waals surface area contributed by atoms with Crippen LogP contribution in [-0.4, -0.2) is 86.9 Å². The molecule has 11 nitrogen and oxygen atoms in total. The molecule has 8 saturated carbocycles. The van der Waals surface area contributed by atoms with E-state index in [4.69, 9.17) is 38.9 Å². The molecule has 8 bridgehead atoms. The molecule has 8 fully saturated rings. The number of amides is 2. The van der Waals surface area contributed by atoms with E-state index in [-0.39, 0.29) is 34.7 Å². The number of rotatable bonds is 2. The molecule has 12 rings (SSSR count). The number of nitrogens with zero attached hydrogens (tertiary/aromatic N) is 4. The van der Waals surface area contributed by atoms with Crippen molar-refractivity contribution in [3.05, 3.63) is 48.1 Å². The van der Waals surface area contributed by atoms with E-state index in [1.165, 1.54) is 69.4 Å². The zero-order valence-corrected chi connectivity index (χ0v) is 41.5. The molecule has 11 aliphatic rings. The molecule has 67 heavy (non-hydrogen) atoms. The number of nitrogens with two attached hydrogens (primary N) is 1. The summed E-state index contributed by atoms with van der Waals surface area (Å²) in [6.07, 6.45) is 38.2. The van der Waals surface area contributed by atoms with Crippen molar-refractivity contribution in [2.24, 2.45) is 51.8 Å². The monoisotopic (exact) mass is 990 g/mol. The maximum atomic E-state index is 11.8. The molecule has 2 amide bonds. The molecule has 8 aliphatic carbocycles. The smallest absolute Gasteiger partial charge is 0.762 e. The number of methoxy groups -OCH3 is 1. The molecule has 0 spiro atoms. The van der Waals surface area contributed by atoms with Gasteiger partial charge in [-0.05, 0) is 151 Å². The summed E-state index contributed by atoms with van der Waals surface area (Å²) in [5, 5.41) is 12.3. The quantitative estimate of drug-likeness (QED) is 0.0404. The van der Waals surface area contributed by atoms with Gasteiger partial charge in [0.05, 0.1) is 17.9 Å². The van der Waals surface area contributed by atoms with Gasteiger partial charge in [0.1, 0.15) is 33.0 Å². The second-order valence-electron chi connectivity index (χ2n) is 19.8. The van der Waals surface area contributed by atoms with Gasteiger partial charge in [0, 0.05) is 44.3 Å². The zero-order chi connectivity index (χ0) is 47.2. The van der Waals surface area contributed by atoms with Crippen molar-refractivity contribution in [2.75, 3.05) is 46.9 Å². The fourth-order valence-electron chi connectivity index (χ4n) is 12.5. The zero-order valence-electron chi connectivity index (χ0n) is 40.0. The molecular formula is C49H82BCl2F4N7O4. The van der Waals surface area contributed by atoms with E-state index in [9.17, 15) is 22.5 Å². The molecule has 0 aromatic carbocycles. The highest BCUT2D eigenvalue weighted by Crippen LogP contribution is 2.61. The predicted octanol–water partition coefficient (Wildman–Crippen LogP) is 7.81. The standard InChI is InChI=1S/C18H25N3.C11H18N2O.C8H13NO.C7H11NO.C3H9O.CH2Cl2.CH4.BF3.FH/c1-2-4-6-21-16(5-3-1)19-20-17(21)18-10-13-7-14(11-18)9-15(8-13)12-18;12-13-10(14)11-4-7-1-8(5-11)3-9(2-7)6-11;1-10-8-6-4-2-3-5-7-9-8;9-7-5-3-1-2-4-6-8-7;1-4(2)3;2-1-3;;2-1(3)4;/h1-2,13-15H,3-12H2;7-9H,1-6,12H2,(H,13,14);2-3H,4-7H2,1H3;1-2H,3-6H2,(H,8,9);1-3H3;1H2;1H4;;1H/q;;;;+1;;;;/p-1/b;;3-2-,9-8?;2-1-;;;;;. The number of aromatic nitrogens is 3. The van der Waals surface area contributed by atoms with Gasteiger partial charge in [0.25, 0.3) is 0 Å². The molecule has 382 valence electrons. The third-order valence-electron chi connectivity index (χ3n) is 14.1. The Morgan fingerprint density at radius 2 is 1.22 bits per heavy atom. The number of ether oxygens (including phenoxy) is 1. The molecule has 1 aromatic heterocycles. The molecule has 0 unspecified atom stereocenters. The van der Waals surface area contributed by atoms with Crippen molar-refractivity contribution < 1.29 is 36.3 Å². The average Bonchev–Trinajstić information content (AvgIpc) is 3.61. The van der Waals surface area contributed by atoms with Crippen LogP contribution in [0, 0.1) is 40.9 Å². The van der Waals surface area contributed by atoms with Crippen LogP contribution in [0.2, 0.25) is 0 Å². The third-order valence-corrected chi connectivity index (χ3v) is 14.1. The van der Waals surface area contributed by atoms with Crippen molar-refractivity contribution in [3.63, 3.8) is 0 Å². The maximum absolute atomic E-state index is 11.8. The summed E-state index contributed by atoms with van der Waals surface area (Å²) in [6.45, 7) is 2.77. The van der Waals surface area contributed by atoms with Crippen molar-refractivity contribution in [3.8, 4) is 0 Å². The highest BCUT2D eigenvalue weighted by atomic mass is 35.5. The number of carbonyl (C=O) groups excluding carboxylic acids is 2. The Morgan fingerprint density at radius 1 is 0.791 bits per heavy atom. The van der Waals surface area contributed by atoms with Crippen molar-refractivity contribution in [1.82, 2.24) is 25.5 Å². The van der Waals surface area contributed by atoms with Gasteiger partial charge < -0.3 is 23.7 Å². The lowest BCUT2D eigenvalue weighted by atomic mass is 9.49. The number of carbonyl (C=O) groups is 2. The summed E-state index contributed by atoms with van der Waals surface area (Å²) >= 11 is 9.53. The molecule has 3 aliphatic heterocycles. The second kappa shape index (κ2) is 31.3. The van der Waals surface area contributed by atoms with Crippen molar-refractivity contribution >= 4 is 48.5 Å². The highest BCUT2D eigenvalue weighted by Gasteiger charge is 2.55. The first-order chi connectivity index (χ1) is 31.2. The minimum absolute atomic E-state index is 0. The molecule has 18 heteroatoms. The van der Waals surface area contributed by atoms with E-state index in [1.54, 1.807) is 7.11 Å². The van der Waals surface area contributed by atoms with Crippen LogP contribution in [-0.2, 0) is 37.1 Å². The van der Waals surface area contributed by atoms with Gasteiger partial charge in [0.15, 0.2) is 5.90 Å². The van der Waals surface area contributed by atoms with Crippen molar-refractivity contribution in [1.29, 1.82) is 0 Å². The summed E-state index contributed by atoms with van der Waals surface area (Å²) in [5.74, 6) is 14.5.